The number of nitrogens with two attached hydrogens (primary N) is 1. The van der Waals surface area contributed by atoms with Crippen LogP contribution < -0.4 is 10.5 Å². The van der Waals surface area contributed by atoms with E-state index >= 15 is 0 Å². The summed E-state index contributed by atoms with van der Waals surface area (Å²) >= 11 is 1.54. The number of hydrogen-bond acceptors (Lipinski definition) is 6. The van der Waals surface area contributed by atoms with Gasteiger partial charge in [-0.05, 0) is 73.9 Å². The quantitative estimate of drug-likeness (QED) is 0.549. The van der Waals surface area contributed by atoms with Crippen LogP contribution in [0.25, 0.3) is 10.2 Å². The zero-order chi connectivity index (χ0) is 20.2. The zero-order valence-electron chi connectivity index (χ0n) is 16.6. The molecule has 1 aliphatic rings. The van der Waals surface area contributed by atoms with Crippen LogP contribution in [0.5, 0.6) is 5.75 Å². The van der Waals surface area contributed by atoms with E-state index in [-0.39, 0.29) is 12.1 Å². The Morgan fingerprint density at radius 3 is 2.83 bits per heavy atom. The number of anilines is 1. The Kier molecular flexibility index (Phi) is 6.00. The fourth-order valence-electron chi connectivity index (χ4n) is 3.97. The summed E-state index contributed by atoms with van der Waals surface area (Å²) in [5.41, 5.74) is 9.27. The maximum atomic E-state index is 11.5. The number of carbonyl (C=O) groups is 1. The molecule has 2 unspecified atom stereocenters. The van der Waals surface area contributed by atoms with Crippen molar-refractivity contribution in [2.75, 3.05) is 12.3 Å². The molecule has 2 atom stereocenters. The van der Waals surface area contributed by atoms with Crippen molar-refractivity contribution < 1.29 is 14.3 Å². The molecule has 3 aromatic rings. The van der Waals surface area contributed by atoms with Gasteiger partial charge in [-0.3, -0.25) is 4.79 Å². The van der Waals surface area contributed by atoms with E-state index in [1.165, 1.54) is 5.56 Å². The molecule has 0 bridgehead atoms. The van der Waals surface area contributed by atoms with Gasteiger partial charge in [0, 0.05) is 6.42 Å². The van der Waals surface area contributed by atoms with Crippen LogP contribution in [0.15, 0.2) is 42.5 Å². The molecule has 1 fully saturated rings. The van der Waals surface area contributed by atoms with Crippen molar-refractivity contribution in [3.05, 3.63) is 53.6 Å². The minimum atomic E-state index is -0.149. The smallest absolute Gasteiger partial charge is 0.306 e. The number of nitrogens with zero attached hydrogens (tertiary/aromatic N) is 1. The first-order chi connectivity index (χ1) is 14.1. The third-order valence-electron chi connectivity index (χ3n) is 5.43. The SMILES string of the molecule is CCOC(=O)CCc1ccc(OC2CCC(c3ccc4nc(N)sc4c3)C2)cc1. The number of thiazole rings is 1. The number of aromatic nitrogens is 1. The standard InChI is InChI=1S/C23H26N2O3S/c1-2-27-22(26)12-5-15-3-8-18(9-4-15)28-19-10-6-16(13-19)17-7-11-20-21(14-17)29-23(24)25-20/h3-4,7-9,11,14,16,19H,2,5-6,10,12-13H2,1H3,(H2,24,25). The number of aryl methyl sites for hydroxylation is 1. The molecule has 2 N–H and O–H groups in total. The molecule has 1 aliphatic carbocycles. The molecule has 0 radical (unpaired) electrons. The number of fused-ring (bicyclic) bond motifs is 1. The van der Waals surface area contributed by atoms with Crippen molar-refractivity contribution >= 4 is 32.7 Å². The van der Waals surface area contributed by atoms with Gasteiger partial charge in [0.25, 0.3) is 0 Å². The minimum Gasteiger partial charge on any atom is -0.490 e. The Bertz CT molecular complexity index is 983. The number of hydrogen-bond donors (Lipinski definition) is 1. The van der Waals surface area contributed by atoms with Gasteiger partial charge in [0.05, 0.1) is 22.9 Å². The van der Waals surface area contributed by atoms with Gasteiger partial charge in [-0.2, -0.15) is 0 Å². The van der Waals surface area contributed by atoms with Crippen LogP contribution in [0.4, 0.5) is 5.13 Å². The highest BCUT2D eigenvalue weighted by Gasteiger charge is 2.27. The van der Waals surface area contributed by atoms with Crippen LogP contribution in [0.3, 0.4) is 0 Å². The highest BCUT2D eigenvalue weighted by atomic mass is 32.1. The average molecular weight is 411 g/mol. The highest BCUT2D eigenvalue weighted by molar-refractivity contribution is 7.22. The Hall–Kier alpha value is -2.60. The fraction of sp³-hybridized carbons (Fsp3) is 0.391. The van der Waals surface area contributed by atoms with Crippen LogP contribution in [0.1, 0.15) is 49.7 Å². The van der Waals surface area contributed by atoms with E-state index in [1.807, 2.05) is 31.2 Å². The van der Waals surface area contributed by atoms with E-state index in [0.717, 1.165) is 40.8 Å². The number of carbonyl (C=O) groups excluding carboxylic acids is 1. The normalized spacial score (nSPS) is 18.8. The molecule has 1 heterocycles. The Balaban J connectivity index is 1.31. The fourth-order valence-corrected chi connectivity index (χ4v) is 4.75. The van der Waals surface area contributed by atoms with Crippen LogP contribution in [0, 0.1) is 0 Å². The summed E-state index contributed by atoms with van der Waals surface area (Å²) in [5.74, 6) is 1.25. The topological polar surface area (TPSA) is 74.4 Å². The van der Waals surface area contributed by atoms with E-state index in [4.69, 9.17) is 15.2 Å². The molecule has 0 spiro atoms. The maximum absolute atomic E-state index is 11.5. The van der Waals surface area contributed by atoms with Gasteiger partial charge in [-0.15, -0.1) is 0 Å². The summed E-state index contributed by atoms with van der Waals surface area (Å²) in [5, 5.41) is 0.621. The first-order valence-electron chi connectivity index (χ1n) is 10.2. The predicted octanol–water partition coefficient (Wildman–Crippen LogP) is 5.09. The molecule has 6 heteroatoms. The monoisotopic (exact) mass is 410 g/mol. The number of nitrogen functional groups attached to an aromatic ring is 1. The summed E-state index contributed by atoms with van der Waals surface area (Å²) < 4.78 is 12.3. The van der Waals surface area contributed by atoms with E-state index in [2.05, 4.69) is 23.2 Å². The lowest BCUT2D eigenvalue weighted by atomic mass is 9.97. The molecule has 0 aliphatic heterocycles. The average Bonchev–Trinajstić information content (AvgIpc) is 3.32. The van der Waals surface area contributed by atoms with Crippen molar-refractivity contribution in [3.8, 4) is 5.75 Å². The van der Waals surface area contributed by atoms with Crippen LogP contribution in [-0.2, 0) is 16.0 Å². The molecule has 4 rings (SSSR count). The minimum absolute atomic E-state index is 0.149. The number of esters is 1. The number of rotatable bonds is 7. The lowest BCUT2D eigenvalue weighted by molar-refractivity contribution is -0.143. The lowest BCUT2D eigenvalue weighted by Crippen LogP contribution is -2.12. The zero-order valence-corrected chi connectivity index (χ0v) is 17.4. The first kappa shape index (κ1) is 19.7. The maximum Gasteiger partial charge on any atom is 0.306 e. The first-order valence-corrected chi connectivity index (χ1v) is 11.0. The molecule has 0 amide bonds. The van der Waals surface area contributed by atoms with Gasteiger partial charge in [-0.25, -0.2) is 4.98 Å². The van der Waals surface area contributed by atoms with Gasteiger partial charge in [0.2, 0.25) is 0 Å². The summed E-state index contributed by atoms with van der Waals surface area (Å²) in [6.45, 7) is 2.26. The van der Waals surface area contributed by atoms with Crippen LogP contribution >= 0.6 is 11.3 Å². The van der Waals surface area contributed by atoms with E-state index < -0.39 is 0 Å². The van der Waals surface area contributed by atoms with Gasteiger partial charge in [0.15, 0.2) is 5.13 Å². The van der Waals surface area contributed by atoms with E-state index in [0.29, 0.717) is 30.5 Å². The molecular formula is C23H26N2O3S. The van der Waals surface area contributed by atoms with Gasteiger partial charge >= 0.3 is 5.97 Å². The Morgan fingerprint density at radius 2 is 2.03 bits per heavy atom. The van der Waals surface area contributed by atoms with Gasteiger partial charge in [0.1, 0.15) is 5.75 Å². The molecule has 5 nitrogen and oxygen atoms in total. The third-order valence-corrected chi connectivity index (χ3v) is 6.28. The molecule has 2 aromatic carbocycles. The number of benzene rings is 2. The molecule has 152 valence electrons. The van der Waals surface area contributed by atoms with Crippen molar-refractivity contribution in [3.63, 3.8) is 0 Å². The second-order valence-corrected chi connectivity index (χ2v) is 8.54. The van der Waals surface area contributed by atoms with Gasteiger partial charge < -0.3 is 15.2 Å². The molecule has 1 saturated carbocycles. The summed E-state index contributed by atoms with van der Waals surface area (Å²) in [4.78, 5) is 15.8. The molecule has 29 heavy (non-hydrogen) atoms. The van der Waals surface area contributed by atoms with Crippen molar-refractivity contribution in [2.45, 2.75) is 51.0 Å². The van der Waals surface area contributed by atoms with E-state index in [1.54, 1.807) is 11.3 Å². The molecule has 0 saturated heterocycles. The van der Waals surface area contributed by atoms with Crippen molar-refractivity contribution in [2.24, 2.45) is 0 Å². The van der Waals surface area contributed by atoms with Crippen molar-refractivity contribution in [1.82, 2.24) is 4.98 Å². The second kappa shape index (κ2) is 8.82. The predicted molar refractivity (Wildman–Crippen MR) is 116 cm³/mol. The number of ether oxygens (including phenoxy) is 2. The Morgan fingerprint density at radius 1 is 1.21 bits per heavy atom. The second-order valence-electron chi connectivity index (χ2n) is 7.48. The third kappa shape index (κ3) is 4.88. The lowest BCUT2D eigenvalue weighted by Gasteiger charge is -2.15. The van der Waals surface area contributed by atoms with Crippen molar-refractivity contribution in [1.29, 1.82) is 0 Å². The van der Waals surface area contributed by atoms with Crippen LogP contribution in [-0.4, -0.2) is 23.7 Å². The summed E-state index contributed by atoms with van der Waals surface area (Å²) in [6.07, 6.45) is 4.53. The van der Waals surface area contributed by atoms with Gasteiger partial charge in [-0.1, -0.05) is 29.5 Å². The highest BCUT2D eigenvalue weighted by Crippen LogP contribution is 2.38. The van der Waals surface area contributed by atoms with Crippen LogP contribution in [0.2, 0.25) is 0 Å². The van der Waals surface area contributed by atoms with E-state index in [9.17, 15) is 4.79 Å². The summed E-state index contributed by atoms with van der Waals surface area (Å²) in [7, 11) is 0. The largest absolute Gasteiger partial charge is 0.490 e. The molecule has 1 aromatic heterocycles. The molecular weight excluding hydrogens is 384 g/mol. The Labute approximate surface area is 174 Å². The summed E-state index contributed by atoms with van der Waals surface area (Å²) in [6, 6.07) is 14.5.